The molecule has 0 nitrogen and oxygen atoms in total. The SMILES string of the molecule is Cc1cc(C)c(P(c2c(C)cc(C)cc2C)C23C4(P(c5c(C)cc(C)cc5C)c5c(C)cc(C)cc5C)C2([Si](C)(C)C)C34[Si](C)(C)C)c(C)c1. The smallest absolute Gasteiger partial charge is 0.0534 e. The summed E-state index contributed by atoms with van der Waals surface area (Å²) < 4.78 is 0. The zero-order chi connectivity index (χ0) is 37.0. The highest BCUT2D eigenvalue weighted by atomic mass is 31.1. The largest absolute Gasteiger partial charge is 0.0691 e. The molecule has 0 saturated heterocycles. The Bertz CT molecular complexity index is 1770. The van der Waals surface area contributed by atoms with Crippen LogP contribution in [0.1, 0.15) is 66.8 Å². The Morgan fingerprint density at radius 1 is 0.320 bits per heavy atom. The van der Waals surface area contributed by atoms with Crippen LogP contribution in [0.2, 0.25) is 49.4 Å². The molecule has 4 aromatic rings. The van der Waals surface area contributed by atoms with Gasteiger partial charge in [0.2, 0.25) is 0 Å². The van der Waals surface area contributed by atoms with Crippen LogP contribution in [0.25, 0.3) is 0 Å². The van der Waals surface area contributed by atoms with Crippen molar-refractivity contribution >= 4 is 53.2 Å². The van der Waals surface area contributed by atoms with Crippen LogP contribution in [0.15, 0.2) is 48.5 Å². The van der Waals surface area contributed by atoms with E-state index in [9.17, 15) is 0 Å². The van der Waals surface area contributed by atoms with Crippen molar-refractivity contribution in [2.45, 2.75) is 143 Å². The molecule has 0 bridgehead atoms. The summed E-state index contributed by atoms with van der Waals surface area (Å²) in [6, 6.07) is 20.1. The van der Waals surface area contributed by atoms with Crippen LogP contribution in [-0.2, 0) is 0 Å². The average Bonchev–Trinajstić information content (AvgIpc) is 3.84. The van der Waals surface area contributed by atoms with E-state index >= 15 is 0 Å². The Morgan fingerprint density at radius 2 is 0.480 bits per heavy atom. The maximum Gasteiger partial charge on any atom is 0.0534 e. The highest BCUT2D eigenvalue weighted by molar-refractivity contribution is 7.84. The Balaban J connectivity index is 1.68. The first-order valence-corrected chi connectivity index (χ1v) is 28.6. The lowest BCUT2D eigenvalue weighted by Gasteiger charge is -2.30. The summed E-state index contributed by atoms with van der Waals surface area (Å²) in [5.41, 5.74) is 17.8. The number of hydrogen-bond acceptors (Lipinski definition) is 0. The molecule has 4 aliphatic carbocycles. The number of aryl methyl sites for hydroxylation is 12. The zero-order valence-corrected chi connectivity index (χ0v) is 38.3. The third-order valence-corrected chi connectivity index (χ3v) is 29.3. The summed E-state index contributed by atoms with van der Waals surface area (Å²) in [5, 5.41) is 8.43. The standard InChI is InChI=1S/C46H62P2Si2/c1-27-19-31(5)39(32(6)20-27)47(40-33(7)21-28(2)22-34(40)8)43-44(45(43,49(13,14)15)46(43,44)50(16,17)18)48(41-35(9)23-29(3)24-36(41)10)42-37(11)25-30(4)26-38(42)12/h19-26H,1-18H3. The Hall–Kier alpha value is -1.83. The number of rotatable bonds is 8. The molecule has 4 aromatic carbocycles. The minimum absolute atomic E-state index is 0.339. The van der Waals surface area contributed by atoms with E-state index in [0.717, 1.165) is 0 Å². The van der Waals surface area contributed by atoms with E-state index in [1.165, 1.54) is 66.8 Å². The fourth-order valence-electron chi connectivity index (χ4n) is 13.2. The lowest BCUT2D eigenvalue weighted by Crippen LogP contribution is -2.28. The van der Waals surface area contributed by atoms with E-state index in [0.29, 0.717) is 20.4 Å². The monoisotopic (exact) mass is 732 g/mol. The summed E-state index contributed by atoms with van der Waals surface area (Å²) in [7, 11) is -4.73. The third-order valence-electron chi connectivity index (χ3n) is 13.4. The van der Waals surface area contributed by atoms with Gasteiger partial charge in [0.1, 0.15) is 0 Å². The van der Waals surface area contributed by atoms with Crippen LogP contribution in [0, 0.1) is 83.1 Å². The van der Waals surface area contributed by atoms with Crippen LogP contribution in [0.5, 0.6) is 0 Å². The first kappa shape index (κ1) is 36.5. The topological polar surface area (TPSA) is 0 Å². The molecule has 0 aromatic heterocycles. The molecule has 4 aliphatic rings. The molecule has 0 heterocycles. The van der Waals surface area contributed by atoms with Gasteiger partial charge in [0.05, 0.1) is 16.1 Å². The molecule has 4 heteroatoms. The molecule has 0 amide bonds. The van der Waals surface area contributed by atoms with Crippen LogP contribution in [0.4, 0.5) is 0 Å². The van der Waals surface area contributed by atoms with Gasteiger partial charge in [-0.25, -0.2) is 0 Å². The molecule has 50 heavy (non-hydrogen) atoms. The fraction of sp³-hybridized carbons (Fsp3) is 0.478. The Labute approximate surface area is 309 Å². The molecular formula is C46H62P2Si2. The van der Waals surface area contributed by atoms with E-state index in [4.69, 9.17) is 0 Å². The summed E-state index contributed by atoms with van der Waals surface area (Å²) in [4.78, 5) is 0. The van der Waals surface area contributed by atoms with Gasteiger partial charge in [-0.15, -0.1) is 0 Å². The van der Waals surface area contributed by atoms with Crippen molar-refractivity contribution in [1.29, 1.82) is 0 Å². The van der Waals surface area contributed by atoms with Crippen LogP contribution in [-0.4, -0.2) is 26.5 Å². The molecule has 0 unspecified atom stereocenters. The maximum absolute atomic E-state index is 2.78. The van der Waals surface area contributed by atoms with E-state index in [2.05, 4.69) is 171 Å². The third kappa shape index (κ3) is 3.96. The predicted octanol–water partition coefficient (Wildman–Crippen LogP) is 11.6. The minimum atomic E-state index is -1.74. The van der Waals surface area contributed by atoms with E-state index in [1.807, 2.05) is 0 Å². The van der Waals surface area contributed by atoms with Crippen molar-refractivity contribution < 1.29 is 0 Å². The van der Waals surface area contributed by atoms with Crippen molar-refractivity contribution in [3.63, 3.8) is 0 Å². The molecule has 0 spiro atoms. The van der Waals surface area contributed by atoms with E-state index < -0.39 is 32.0 Å². The number of benzene rings is 4. The molecule has 264 valence electrons. The minimum Gasteiger partial charge on any atom is -0.0691 e. The Morgan fingerprint density at radius 3 is 0.620 bits per heavy atom. The molecule has 4 saturated carbocycles. The van der Waals surface area contributed by atoms with Gasteiger partial charge in [0.15, 0.2) is 0 Å². The number of hydrogen-bond donors (Lipinski definition) is 0. The summed E-state index contributed by atoms with van der Waals surface area (Å²) >= 11 is 0. The fourth-order valence-corrected chi connectivity index (χ4v) is 40.0. The summed E-state index contributed by atoms with van der Waals surface area (Å²) in [5.74, 6) is 0. The first-order valence-electron chi connectivity index (χ1n) is 19.0. The van der Waals surface area contributed by atoms with E-state index in [-0.39, 0.29) is 0 Å². The second-order valence-corrected chi connectivity index (χ2v) is 34.1. The molecule has 0 N–H and O–H groups in total. The van der Waals surface area contributed by atoms with Crippen LogP contribution in [0.3, 0.4) is 0 Å². The lowest BCUT2D eigenvalue weighted by atomic mass is 10.1. The van der Waals surface area contributed by atoms with Crippen LogP contribution < -0.4 is 21.2 Å². The van der Waals surface area contributed by atoms with Gasteiger partial charge in [-0.05, 0) is 175 Å². The van der Waals surface area contributed by atoms with Crippen molar-refractivity contribution in [3.05, 3.63) is 115 Å². The molecule has 0 radical (unpaired) electrons. The normalized spacial score (nSPS) is 26.5. The maximum atomic E-state index is 2.78. The van der Waals surface area contributed by atoms with Crippen molar-refractivity contribution in [2.24, 2.45) is 0 Å². The highest BCUT2D eigenvalue weighted by Crippen LogP contribution is 3.44. The average molecular weight is 733 g/mol. The van der Waals surface area contributed by atoms with Crippen molar-refractivity contribution in [1.82, 2.24) is 0 Å². The van der Waals surface area contributed by atoms with Gasteiger partial charge in [-0.1, -0.05) is 110 Å². The van der Waals surface area contributed by atoms with Gasteiger partial charge < -0.3 is 0 Å². The van der Waals surface area contributed by atoms with Gasteiger partial charge in [0, 0.05) is 10.3 Å². The quantitative estimate of drug-likeness (QED) is 0.125. The molecule has 0 aliphatic heterocycles. The molecule has 8 rings (SSSR count). The lowest BCUT2D eigenvalue weighted by molar-refractivity contribution is 1.27. The second kappa shape index (κ2) is 10.9. The van der Waals surface area contributed by atoms with Gasteiger partial charge >= 0.3 is 0 Å². The molecule has 0 atom stereocenters. The first-order chi connectivity index (χ1) is 23.0. The van der Waals surface area contributed by atoms with Crippen molar-refractivity contribution in [3.8, 4) is 0 Å². The second-order valence-electron chi connectivity index (χ2n) is 19.1. The predicted molar refractivity (Wildman–Crippen MR) is 233 cm³/mol. The summed E-state index contributed by atoms with van der Waals surface area (Å²) in [6.45, 7) is 45.5. The van der Waals surface area contributed by atoms with Gasteiger partial charge in [0.25, 0.3) is 0 Å². The molecule has 4 fully saturated rings. The highest BCUT2D eigenvalue weighted by Gasteiger charge is 3.40. The molecular weight excluding hydrogens is 671 g/mol. The Kier molecular flexibility index (Phi) is 7.94. The zero-order valence-electron chi connectivity index (χ0n) is 34.5. The van der Waals surface area contributed by atoms with E-state index in [1.54, 1.807) is 21.2 Å². The van der Waals surface area contributed by atoms with Crippen LogP contribution >= 0.6 is 15.8 Å². The van der Waals surface area contributed by atoms with Gasteiger partial charge in [-0.2, -0.15) is 0 Å². The van der Waals surface area contributed by atoms with Crippen molar-refractivity contribution in [2.75, 3.05) is 0 Å². The van der Waals surface area contributed by atoms with Gasteiger partial charge in [-0.3, -0.25) is 0 Å². The summed E-state index contributed by atoms with van der Waals surface area (Å²) in [6.07, 6.45) is 0.